The largest absolute Gasteiger partial charge is 0.349 e. The van der Waals surface area contributed by atoms with Crippen LogP contribution in [-0.2, 0) is 0 Å². The Labute approximate surface area is 120 Å². The average molecular weight is 281 g/mol. The fourth-order valence-electron chi connectivity index (χ4n) is 2.43. The second-order valence-corrected chi connectivity index (χ2v) is 5.16. The third-order valence-electron chi connectivity index (χ3n) is 3.68. The molecule has 0 radical (unpaired) electrons. The first kappa shape index (κ1) is 16.6. The van der Waals surface area contributed by atoms with E-state index in [9.17, 15) is 9.18 Å². The zero-order valence-corrected chi connectivity index (χ0v) is 12.7. The highest BCUT2D eigenvalue weighted by molar-refractivity contribution is 5.92. The van der Waals surface area contributed by atoms with Crippen LogP contribution >= 0.6 is 0 Å². The van der Waals surface area contributed by atoms with Crippen LogP contribution in [0, 0.1) is 11.9 Å². The van der Waals surface area contributed by atoms with E-state index in [4.69, 9.17) is 0 Å². The van der Waals surface area contributed by atoms with Crippen molar-refractivity contribution < 1.29 is 9.18 Å². The van der Waals surface area contributed by atoms with Gasteiger partial charge in [-0.25, -0.2) is 4.98 Å². The number of carbonyl (C=O) groups is 1. The third kappa shape index (κ3) is 4.56. The van der Waals surface area contributed by atoms with Crippen molar-refractivity contribution in [3.8, 4) is 0 Å². The molecule has 1 rings (SSSR count). The molecule has 1 unspecified atom stereocenters. The van der Waals surface area contributed by atoms with Gasteiger partial charge in [0.2, 0.25) is 5.95 Å². The van der Waals surface area contributed by atoms with E-state index in [-0.39, 0.29) is 17.6 Å². The minimum atomic E-state index is -0.637. The monoisotopic (exact) mass is 281 g/mol. The van der Waals surface area contributed by atoms with Crippen LogP contribution in [0.1, 0.15) is 37.2 Å². The summed E-state index contributed by atoms with van der Waals surface area (Å²) in [4.78, 5) is 17.7. The molecule has 0 aliphatic rings. The fraction of sp³-hybridized carbons (Fsp3) is 0.600. The highest BCUT2D eigenvalue weighted by Gasteiger charge is 2.21. The van der Waals surface area contributed by atoms with Crippen LogP contribution in [0.2, 0.25) is 0 Å². The maximum Gasteiger partial charge on any atom is 0.270 e. The van der Waals surface area contributed by atoms with Gasteiger partial charge in [0.1, 0.15) is 5.69 Å². The third-order valence-corrected chi connectivity index (χ3v) is 3.68. The number of pyridine rings is 1. The molecule has 0 aliphatic heterocycles. The number of likely N-dealkylation sites (N-methyl/N-ethyl adjacent to an activating group) is 1. The predicted molar refractivity (Wildman–Crippen MR) is 78.1 cm³/mol. The number of carbonyl (C=O) groups excluding carboxylic acids is 1. The number of hydrogen-bond acceptors (Lipinski definition) is 3. The Morgan fingerprint density at radius 1 is 1.35 bits per heavy atom. The summed E-state index contributed by atoms with van der Waals surface area (Å²) in [6.07, 6.45) is 2.13. The zero-order valence-electron chi connectivity index (χ0n) is 12.7. The van der Waals surface area contributed by atoms with Crippen LogP contribution in [-0.4, -0.2) is 42.5 Å². The molecule has 1 aromatic rings. The van der Waals surface area contributed by atoms with Gasteiger partial charge in [0.25, 0.3) is 5.91 Å². The number of hydrogen-bond donors (Lipinski definition) is 1. The number of nitrogens with one attached hydrogen (secondary N) is 1. The van der Waals surface area contributed by atoms with E-state index in [2.05, 4.69) is 29.0 Å². The maximum atomic E-state index is 13.0. The lowest BCUT2D eigenvalue weighted by Crippen LogP contribution is -2.44. The summed E-state index contributed by atoms with van der Waals surface area (Å²) in [5.74, 6) is -0.449. The topological polar surface area (TPSA) is 45.2 Å². The number of nitrogens with zero attached hydrogens (tertiary/aromatic N) is 2. The summed E-state index contributed by atoms with van der Waals surface area (Å²) >= 11 is 0. The summed E-state index contributed by atoms with van der Waals surface area (Å²) < 4.78 is 13.0. The van der Waals surface area contributed by atoms with Crippen molar-refractivity contribution in [1.82, 2.24) is 15.2 Å². The van der Waals surface area contributed by atoms with Gasteiger partial charge in [0.15, 0.2) is 0 Å². The molecule has 1 amide bonds. The Kier molecular flexibility index (Phi) is 6.58. The average Bonchev–Trinajstić information content (AvgIpc) is 2.42. The van der Waals surface area contributed by atoms with Gasteiger partial charge in [-0.05, 0) is 32.1 Å². The van der Waals surface area contributed by atoms with Crippen molar-refractivity contribution in [3.63, 3.8) is 0 Å². The predicted octanol–water partition coefficient (Wildman–Crippen LogP) is 2.32. The standard InChI is InChI=1S/C15H24FN3O/c1-5-11(6-2)13(19(3)4)10-17-15(20)12-8-7-9-14(16)18-12/h7-9,11,13H,5-6,10H2,1-4H3,(H,17,20). The molecule has 0 spiro atoms. The van der Waals surface area contributed by atoms with Crippen molar-refractivity contribution in [1.29, 1.82) is 0 Å². The molecular weight excluding hydrogens is 257 g/mol. The van der Waals surface area contributed by atoms with Crippen LogP contribution < -0.4 is 5.32 Å². The second-order valence-electron chi connectivity index (χ2n) is 5.16. The van der Waals surface area contributed by atoms with Gasteiger partial charge in [0.05, 0.1) is 0 Å². The number of aromatic nitrogens is 1. The molecule has 0 saturated carbocycles. The normalized spacial score (nSPS) is 12.8. The summed E-state index contributed by atoms with van der Waals surface area (Å²) in [5.41, 5.74) is 0.118. The van der Waals surface area contributed by atoms with Crippen molar-refractivity contribution in [3.05, 3.63) is 29.8 Å². The number of halogens is 1. The Balaban J connectivity index is 2.65. The van der Waals surface area contributed by atoms with Crippen LogP contribution in [0.25, 0.3) is 0 Å². The first-order valence-electron chi connectivity index (χ1n) is 7.06. The first-order valence-corrected chi connectivity index (χ1v) is 7.06. The quantitative estimate of drug-likeness (QED) is 0.780. The van der Waals surface area contributed by atoms with E-state index in [1.165, 1.54) is 18.2 Å². The first-order chi connectivity index (χ1) is 9.49. The molecule has 0 aliphatic carbocycles. The van der Waals surface area contributed by atoms with Gasteiger partial charge >= 0.3 is 0 Å². The maximum absolute atomic E-state index is 13.0. The van der Waals surface area contributed by atoms with E-state index in [0.717, 1.165) is 12.8 Å². The Hall–Kier alpha value is -1.49. The van der Waals surface area contributed by atoms with E-state index in [1.807, 2.05) is 14.1 Å². The summed E-state index contributed by atoms with van der Waals surface area (Å²) in [6, 6.07) is 4.49. The molecule has 20 heavy (non-hydrogen) atoms. The van der Waals surface area contributed by atoms with E-state index in [0.29, 0.717) is 12.5 Å². The molecule has 1 atom stereocenters. The van der Waals surface area contributed by atoms with Crippen LogP contribution in [0.4, 0.5) is 4.39 Å². The zero-order chi connectivity index (χ0) is 15.1. The van der Waals surface area contributed by atoms with Gasteiger partial charge in [-0.15, -0.1) is 0 Å². The minimum Gasteiger partial charge on any atom is -0.349 e. The van der Waals surface area contributed by atoms with Crippen LogP contribution in [0.3, 0.4) is 0 Å². The Bertz CT molecular complexity index is 433. The summed E-state index contributed by atoms with van der Waals surface area (Å²) in [7, 11) is 4.02. The van der Waals surface area contributed by atoms with Gasteiger partial charge in [-0.2, -0.15) is 4.39 Å². The lowest BCUT2D eigenvalue weighted by atomic mass is 9.93. The molecule has 0 bridgehead atoms. The van der Waals surface area contributed by atoms with Crippen molar-refractivity contribution >= 4 is 5.91 Å². The van der Waals surface area contributed by atoms with Gasteiger partial charge in [0, 0.05) is 12.6 Å². The molecule has 1 N–H and O–H groups in total. The van der Waals surface area contributed by atoms with E-state index >= 15 is 0 Å². The van der Waals surface area contributed by atoms with Crippen LogP contribution in [0.5, 0.6) is 0 Å². The second kappa shape index (κ2) is 7.94. The molecule has 0 fully saturated rings. The van der Waals surface area contributed by atoms with Crippen molar-refractivity contribution in [2.24, 2.45) is 5.92 Å². The Morgan fingerprint density at radius 3 is 2.50 bits per heavy atom. The van der Waals surface area contributed by atoms with Crippen molar-refractivity contribution in [2.75, 3.05) is 20.6 Å². The highest BCUT2D eigenvalue weighted by atomic mass is 19.1. The summed E-state index contributed by atoms with van der Waals surface area (Å²) in [5, 5.41) is 2.85. The molecule has 0 saturated heterocycles. The van der Waals surface area contributed by atoms with Crippen LogP contribution in [0.15, 0.2) is 18.2 Å². The van der Waals surface area contributed by atoms with Gasteiger partial charge < -0.3 is 10.2 Å². The molecule has 4 nitrogen and oxygen atoms in total. The Morgan fingerprint density at radius 2 is 2.00 bits per heavy atom. The molecular formula is C15H24FN3O. The molecule has 0 aromatic carbocycles. The smallest absolute Gasteiger partial charge is 0.270 e. The number of amides is 1. The van der Waals surface area contributed by atoms with Gasteiger partial charge in [-0.1, -0.05) is 32.8 Å². The highest BCUT2D eigenvalue weighted by Crippen LogP contribution is 2.16. The fourth-order valence-corrected chi connectivity index (χ4v) is 2.43. The van der Waals surface area contributed by atoms with E-state index in [1.54, 1.807) is 0 Å². The molecule has 1 aromatic heterocycles. The minimum absolute atomic E-state index is 0.118. The molecule has 5 heteroatoms. The van der Waals surface area contributed by atoms with Gasteiger partial charge in [-0.3, -0.25) is 4.79 Å². The lowest BCUT2D eigenvalue weighted by molar-refractivity contribution is 0.0922. The lowest BCUT2D eigenvalue weighted by Gasteiger charge is -2.31. The molecule has 112 valence electrons. The van der Waals surface area contributed by atoms with E-state index < -0.39 is 5.95 Å². The molecule has 1 heterocycles. The number of rotatable bonds is 7. The SMILES string of the molecule is CCC(CC)C(CNC(=O)c1cccc(F)n1)N(C)C. The summed E-state index contributed by atoms with van der Waals surface area (Å²) in [6.45, 7) is 4.84. The van der Waals surface area contributed by atoms with Crippen molar-refractivity contribution in [2.45, 2.75) is 32.7 Å².